The Morgan fingerprint density at radius 2 is 2.28 bits per heavy atom. The van der Waals surface area contributed by atoms with Gasteiger partial charge in [-0.05, 0) is 30.4 Å². The number of likely N-dealkylation sites (tertiary alicyclic amines) is 1. The number of rotatable bonds is 4. The fraction of sp³-hybridized carbons (Fsp3) is 0.714. The van der Waals surface area contributed by atoms with Crippen LogP contribution in [-0.2, 0) is 6.54 Å². The summed E-state index contributed by atoms with van der Waals surface area (Å²) >= 11 is 0. The van der Waals surface area contributed by atoms with E-state index in [0.29, 0.717) is 11.4 Å². The predicted molar refractivity (Wildman–Crippen MR) is 71.4 cm³/mol. The maximum absolute atomic E-state index is 5.06. The van der Waals surface area contributed by atoms with E-state index >= 15 is 0 Å². The topological polar surface area (TPSA) is 38.2 Å². The molecule has 0 bridgehead atoms. The van der Waals surface area contributed by atoms with Gasteiger partial charge in [0.25, 0.3) is 0 Å². The van der Waals surface area contributed by atoms with E-state index in [1.54, 1.807) is 13.3 Å². The van der Waals surface area contributed by atoms with Crippen molar-refractivity contribution in [3.8, 4) is 6.01 Å². The summed E-state index contributed by atoms with van der Waals surface area (Å²) in [6, 6.07) is 2.42. The Bertz CT molecular complexity index is 408. The van der Waals surface area contributed by atoms with Crippen LogP contribution in [0.15, 0.2) is 12.3 Å². The summed E-state index contributed by atoms with van der Waals surface area (Å²) in [7, 11) is 1.60. The summed E-state index contributed by atoms with van der Waals surface area (Å²) < 4.78 is 5.06. The number of aromatic nitrogens is 2. The van der Waals surface area contributed by atoms with E-state index in [0.717, 1.165) is 31.2 Å². The molecule has 2 heterocycles. The van der Waals surface area contributed by atoms with Gasteiger partial charge in [-0.25, -0.2) is 4.98 Å². The summed E-state index contributed by atoms with van der Waals surface area (Å²) in [6.45, 7) is 10.2. The lowest BCUT2D eigenvalue weighted by atomic mass is 9.78. The lowest BCUT2D eigenvalue weighted by Gasteiger charge is -2.29. The van der Waals surface area contributed by atoms with Gasteiger partial charge in [0.2, 0.25) is 0 Å². The first-order chi connectivity index (χ1) is 8.53. The van der Waals surface area contributed by atoms with Crippen LogP contribution in [0, 0.1) is 11.3 Å². The molecule has 1 saturated heterocycles. The van der Waals surface area contributed by atoms with Crippen molar-refractivity contribution in [2.24, 2.45) is 11.3 Å². The molecular weight excluding hydrogens is 226 g/mol. The zero-order chi connectivity index (χ0) is 13.2. The molecule has 0 aromatic carbocycles. The summed E-state index contributed by atoms with van der Waals surface area (Å²) in [5, 5.41) is 0. The molecule has 1 fully saturated rings. The molecule has 0 radical (unpaired) electrons. The van der Waals surface area contributed by atoms with E-state index in [2.05, 4.69) is 35.6 Å². The zero-order valence-electron chi connectivity index (χ0n) is 11.8. The van der Waals surface area contributed by atoms with Crippen LogP contribution >= 0.6 is 0 Å². The molecule has 4 nitrogen and oxygen atoms in total. The highest BCUT2D eigenvalue weighted by Gasteiger charge is 2.36. The van der Waals surface area contributed by atoms with E-state index in [1.165, 1.54) is 6.42 Å². The standard InChI is InChI=1S/C14H23N3O/c1-11(2)14(3)6-8-17(10-14)9-12-5-7-15-13(16-12)18-4/h5,7,11H,6,8-10H2,1-4H3. The Morgan fingerprint density at radius 3 is 2.89 bits per heavy atom. The van der Waals surface area contributed by atoms with E-state index < -0.39 is 0 Å². The Hall–Kier alpha value is -1.16. The van der Waals surface area contributed by atoms with E-state index in [9.17, 15) is 0 Å². The molecule has 0 spiro atoms. The third-order valence-electron chi connectivity index (χ3n) is 4.24. The van der Waals surface area contributed by atoms with E-state index in [1.807, 2.05) is 6.07 Å². The minimum atomic E-state index is 0.442. The molecule has 4 heteroatoms. The average molecular weight is 249 g/mol. The van der Waals surface area contributed by atoms with Crippen LogP contribution in [0.2, 0.25) is 0 Å². The van der Waals surface area contributed by atoms with Gasteiger partial charge in [0, 0.05) is 19.3 Å². The predicted octanol–water partition coefficient (Wildman–Crippen LogP) is 2.35. The number of hydrogen-bond donors (Lipinski definition) is 0. The van der Waals surface area contributed by atoms with Crippen molar-refractivity contribution in [2.45, 2.75) is 33.7 Å². The Balaban J connectivity index is 1.99. The van der Waals surface area contributed by atoms with E-state index in [4.69, 9.17) is 4.74 Å². The third-order valence-corrected chi connectivity index (χ3v) is 4.24. The Labute approximate surface area is 109 Å². The first kappa shape index (κ1) is 13.3. The number of hydrogen-bond acceptors (Lipinski definition) is 4. The van der Waals surface area contributed by atoms with Crippen molar-refractivity contribution in [3.05, 3.63) is 18.0 Å². The first-order valence-corrected chi connectivity index (χ1v) is 6.62. The molecule has 2 rings (SSSR count). The first-order valence-electron chi connectivity index (χ1n) is 6.62. The molecule has 1 aromatic heterocycles. The molecular formula is C14H23N3O. The normalized spacial score (nSPS) is 24.7. The van der Waals surface area contributed by atoms with Crippen LogP contribution in [0.25, 0.3) is 0 Å². The average Bonchev–Trinajstić information content (AvgIpc) is 2.72. The molecule has 0 N–H and O–H groups in total. The lowest BCUT2D eigenvalue weighted by molar-refractivity contribution is 0.205. The van der Waals surface area contributed by atoms with Crippen molar-refractivity contribution in [1.29, 1.82) is 0 Å². The number of nitrogens with zero attached hydrogens (tertiary/aromatic N) is 3. The molecule has 0 aliphatic carbocycles. The molecule has 0 saturated carbocycles. The van der Waals surface area contributed by atoms with Crippen LogP contribution in [0.5, 0.6) is 6.01 Å². The monoisotopic (exact) mass is 249 g/mol. The van der Waals surface area contributed by atoms with Gasteiger partial charge < -0.3 is 4.74 Å². The maximum Gasteiger partial charge on any atom is 0.316 e. The number of ether oxygens (including phenoxy) is 1. The van der Waals surface area contributed by atoms with Gasteiger partial charge in [0.1, 0.15) is 0 Å². The maximum atomic E-state index is 5.06. The minimum absolute atomic E-state index is 0.442. The van der Waals surface area contributed by atoms with Gasteiger partial charge in [-0.2, -0.15) is 4.98 Å². The van der Waals surface area contributed by atoms with Crippen LogP contribution in [-0.4, -0.2) is 35.1 Å². The van der Waals surface area contributed by atoms with Gasteiger partial charge >= 0.3 is 6.01 Å². The van der Waals surface area contributed by atoms with Gasteiger partial charge in [0.05, 0.1) is 12.8 Å². The highest BCUT2D eigenvalue weighted by molar-refractivity contribution is 5.06. The SMILES string of the molecule is COc1nccc(CN2CCC(C)(C(C)C)C2)n1. The smallest absolute Gasteiger partial charge is 0.316 e. The molecule has 1 unspecified atom stereocenters. The second kappa shape index (κ2) is 5.22. The summed E-state index contributed by atoms with van der Waals surface area (Å²) in [4.78, 5) is 10.9. The van der Waals surface area contributed by atoms with Crippen molar-refractivity contribution in [1.82, 2.24) is 14.9 Å². The fourth-order valence-corrected chi connectivity index (χ4v) is 2.48. The summed E-state index contributed by atoms with van der Waals surface area (Å²) in [5.41, 5.74) is 1.48. The van der Waals surface area contributed by atoms with Crippen molar-refractivity contribution >= 4 is 0 Å². The molecule has 0 amide bonds. The zero-order valence-corrected chi connectivity index (χ0v) is 11.8. The van der Waals surface area contributed by atoms with Crippen molar-refractivity contribution < 1.29 is 4.74 Å². The second-order valence-corrected chi connectivity index (χ2v) is 5.80. The fourth-order valence-electron chi connectivity index (χ4n) is 2.48. The van der Waals surface area contributed by atoms with Crippen LogP contribution in [0.1, 0.15) is 32.9 Å². The highest BCUT2D eigenvalue weighted by atomic mass is 16.5. The Morgan fingerprint density at radius 1 is 1.50 bits per heavy atom. The molecule has 1 aromatic rings. The van der Waals surface area contributed by atoms with Gasteiger partial charge in [0.15, 0.2) is 0 Å². The van der Waals surface area contributed by atoms with Crippen LogP contribution in [0.4, 0.5) is 0 Å². The summed E-state index contributed by atoms with van der Waals surface area (Å²) in [5.74, 6) is 0.724. The van der Waals surface area contributed by atoms with Gasteiger partial charge in [-0.1, -0.05) is 20.8 Å². The van der Waals surface area contributed by atoms with Gasteiger partial charge in [-0.15, -0.1) is 0 Å². The van der Waals surface area contributed by atoms with Crippen LogP contribution in [0.3, 0.4) is 0 Å². The molecule has 100 valence electrons. The van der Waals surface area contributed by atoms with E-state index in [-0.39, 0.29) is 0 Å². The third kappa shape index (κ3) is 2.80. The second-order valence-electron chi connectivity index (χ2n) is 5.80. The minimum Gasteiger partial charge on any atom is -0.467 e. The number of methoxy groups -OCH3 is 1. The molecule has 1 aliphatic rings. The lowest BCUT2D eigenvalue weighted by Crippen LogP contribution is -2.28. The highest BCUT2D eigenvalue weighted by Crippen LogP contribution is 2.37. The van der Waals surface area contributed by atoms with Crippen LogP contribution < -0.4 is 4.74 Å². The van der Waals surface area contributed by atoms with Crippen molar-refractivity contribution in [2.75, 3.05) is 20.2 Å². The molecule has 1 atom stereocenters. The van der Waals surface area contributed by atoms with Crippen molar-refractivity contribution in [3.63, 3.8) is 0 Å². The molecule has 18 heavy (non-hydrogen) atoms. The van der Waals surface area contributed by atoms with Gasteiger partial charge in [-0.3, -0.25) is 4.90 Å². The Kier molecular flexibility index (Phi) is 3.85. The quantitative estimate of drug-likeness (QED) is 0.821. The largest absolute Gasteiger partial charge is 0.467 e. The molecule has 1 aliphatic heterocycles. The summed E-state index contributed by atoms with van der Waals surface area (Å²) in [6.07, 6.45) is 3.03.